The van der Waals surface area contributed by atoms with Crippen molar-refractivity contribution in [3.8, 4) is 5.75 Å². The van der Waals surface area contributed by atoms with Gasteiger partial charge in [0.25, 0.3) is 0 Å². The normalized spacial score (nSPS) is 14.0. The van der Waals surface area contributed by atoms with Crippen LogP contribution in [0.1, 0.15) is 13.3 Å². The van der Waals surface area contributed by atoms with Gasteiger partial charge in [-0.1, -0.05) is 30.3 Å². The van der Waals surface area contributed by atoms with E-state index in [1.807, 2.05) is 42.5 Å². The van der Waals surface area contributed by atoms with Gasteiger partial charge in [0.2, 0.25) is 5.91 Å². The summed E-state index contributed by atoms with van der Waals surface area (Å²) >= 11 is 0. The molecule has 2 rings (SSSR count). The monoisotopic (exact) mass is 258 g/mol. The number of carbonyl (C=O) groups excluding carboxylic acids is 1. The second-order valence-electron chi connectivity index (χ2n) is 4.89. The number of hydrogen-bond acceptors (Lipinski definition) is 3. The molecule has 0 radical (unpaired) electrons. The molecular weight excluding hydrogens is 240 g/mol. The van der Waals surface area contributed by atoms with Crippen LogP contribution in [0.15, 0.2) is 42.5 Å². The summed E-state index contributed by atoms with van der Waals surface area (Å²) in [5.41, 5.74) is 9.93. The fourth-order valence-corrected chi connectivity index (χ4v) is 1.76. The number of hydrogen-bond donors (Lipinski definition) is 2. The molecule has 2 aromatic carbocycles. The Bertz CT molecular complexity index is 593. The molecule has 1 unspecified atom stereocenters. The summed E-state index contributed by atoms with van der Waals surface area (Å²) < 4.78 is 5.61. The zero-order chi connectivity index (χ0) is 13.9. The van der Waals surface area contributed by atoms with E-state index in [1.165, 1.54) is 0 Å². The highest BCUT2D eigenvalue weighted by molar-refractivity contribution is 5.84. The van der Waals surface area contributed by atoms with Crippen LogP contribution in [-0.2, 0) is 4.79 Å². The number of amides is 1. The molecule has 4 nitrogen and oxygen atoms in total. The molecule has 0 saturated heterocycles. The van der Waals surface area contributed by atoms with Crippen molar-refractivity contribution in [1.29, 1.82) is 0 Å². The minimum Gasteiger partial charge on any atom is -0.493 e. The van der Waals surface area contributed by atoms with E-state index in [1.54, 1.807) is 6.92 Å². The minimum atomic E-state index is -1.03. The van der Waals surface area contributed by atoms with Crippen molar-refractivity contribution in [3.05, 3.63) is 42.5 Å². The summed E-state index contributed by atoms with van der Waals surface area (Å²) in [6, 6.07) is 13.9. The first-order valence-corrected chi connectivity index (χ1v) is 6.19. The van der Waals surface area contributed by atoms with Crippen LogP contribution in [0.2, 0.25) is 0 Å². The Morgan fingerprint density at radius 2 is 1.89 bits per heavy atom. The van der Waals surface area contributed by atoms with Crippen molar-refractivity contribution in [2.75, 3.05) is 6.61 Å². The number of rotatable bonds is 5. The first kappa shape index (κ1) is 13.4. The molecule has 19 heavy (non-hydrogen) atoms. The number of benzene rings is 2. The molecule has 100 valence electrons. The first-order valence-electron chi connectivity index (χ1n) is 6.19. The standard InChI is InChI=1S/C15H18N2O2/c1-15(17,14(16)18)8-9-19-13-7-6-11-4-2-3-5-12(11)10-13/h2-7,10H,8-9,17H2,1H3,(H2,16,18). The molecule has 4 N–H and O–H groups in total. The van der Waals surface area contributed by atoms with Crippen LogP contribution in [0.25, 0.3) is 10.8 Å². The van der Waals surface area contributed by atoms with E-state index in [0.29, 0.717) is 13.0 Å². The van der Waals surface area contributed by atoms with Gasteiger partial charge in [-0.2, -0.15) is 0 Å². The van der Waals surface area contributed by atoms with Gasteiger partial charge in [-0.25, -0.2) is 0 Å². The van der Waals surface area contributed by atoms with Crippen LogP contribution in [0.4, 0.5) is 0 Å². The SMILES string of the molecule is CC(N)(CCOc1ccc2ccccc2c1)C(N)=O. The smallest absolute Gasteiger partial charge is 0.237 e. The van der Waals surface area contributed by atoms with Gasteiger partial charge in [-0.3, -0.25) is 4.79 Å². The molecule has 0 fully saturated rings. The zero-order valence-electron chi connectivity index (χ0n) is 10.9. The highest BCUT2D eigenvalue weighted by Crippen LogP contribution is 2.21. The van der Waals surface area contributed by atoms with E-state index in [-0.39, 0.29) is 0 Å². The molecule has 2 aromatic rings. The molecule has 4 heteroatoms. The summed E-state index contributed by atoms with van der Waals surface area (Å²) in [6.45, 7) is 1.97. The molecular formula is C15H18N2O2. The first-order chi connectivity index (χ1) is 8.99. The summed E-state index contributed by atoms with van der Waals surface area (Å²) in [4.78, 5) is 11.1. The molecule has 1 amide bonds. The molecule has 0 bridgehead atoms. The Hall–Kier alpha value is -2.07. The van der Waals surface area contributed by atoms with Crippen molar-refractivity contribution >= 4 is 16.7 Å². The number of ether oxygens (including phenoxy) is 1. The number of nitrogens with two attached hydrogens (primary N) is 2. The summed E-state index contributed by atoms with van der Waals surface area (Å²) in [5, 5.41) is 2.28. The Morgan fingerprint density at radius 1 is 1.21 bits per heavy atom. The van der Waals surface area contributed by atoms with Crippen molar-refractivity contribution < 1.29 is 9.53 Å². The number of fused-ring (bicyclic) bond motifs is 1. The van der Waals surface area contributed by atoms with Crippen molar-refractivity contribution in [3.63, 3.8) is 0 Å². The average Bonchev–Trinajstić information content (AvgIpc) is 2.38. The van der Waals surface area contributed by atoms with Crippen LogP contribution < -0.4 is 16.2 Å². The van der Waals surface area contributed by atoms with Gasteiger partial charge < -0.3 is 16.2 Å². The van der Waals surface area contributed by atoms with E-state index in [4.69, 9.17) is 16.2 Å². The third kappa shape index (κ3) is 3.23. The maximum Gasteiger partial charge on any atom is 0.237 e. The summed E-state index contributed by atoms with van der Waals surface area (Å²) in [6.07, 6.45) is 0.384. The van der Waals surface area contributed by atoms with Gasteiger partial charge in [-0.05, 0) is 29.8 Å². The lowest BCUT2D eigenvalue weighted by Crippen LogP contribution is -2.50. The van der Waals surface area contributed by atoms with Crippen LogP contribution in [0.3, 0.4) is 0 Å². The van der Waals surface area contributed by atoms with E-state index in [0.717, 1.165) is 16.5 Å². The topological polar surface area (TPSA) is 78.3 Å². The Balaban J connectivity index is 2.00. The molecule has 0 aliphatic rings. The third-order valence-corrected chi connectivity index (χ3v) is 3.17. The lowest BCUT2D eigenvalue weighted by atomic mass is 9.99. The predicted molar refractivity (Wildman–Crippen MR) is 75.8 cm³/mol. The van der Waals surface area contributed by atoms with Gasteiger partial charge in [0, 0.05) is 6.42 Å². The molecule has 0 heterocycles. The van der Waals surface area contributed by atoms with Gasteiger partial charge >= 0.3 is 0 Å². The Morgan fingerprint density at radius 3 is 2.58 bits per heavy atom. The molecule has 0 aliphatic heterocycles. The quantitative estimate of drug-likeness (QED) is 0.858. The van der Waals surface area contributed by atoms with Crippen LogP contribution in [0, 0.1) is 0 Å². The highest BCUT2D eigenvalue weighted by atomic mass is 16.5. The van der Waals surface area contributed by atoms with E-state index < -0.39 is 11.4 Å². The van der Waals surface area contributed by atoms with Crippen molar-refractivity contribution in [2.45, 2.75) is 18.9 Å². The van der Waals surface area contributed by atoms with Crippen molar-refractivity contribution in [2.24, 2.45) is 11.5 Å². The van der Waals surface area contributed by atoms with Gasteiger partial charge in [0.05, 0.1) is 12.1 Å². The lowest BCUT2D eigenvalue weighted by molar-refractivity contribution is -0.123. The molecule has 0 saturated carbocycles. The minimum absolute atomic E-state index is 0.355. The van der Waals surface area contributed by atoms with Gasteiger partial charge in [0.15, 0.2) is 0 Å². The van der Waals surface area contributed by atoms with Gasteiger partial charge in [0.1, 0.15) is 5.75 Å². The second-order valence-corrected chi connectivity index (χ2v) is 4.89. The Kier molecular flexibility index (Phi) is 3.71. The predicted octanol–water partition coefficient (Wildman–Crippen LogP) is 1.81. The van der Waals surface area contributed by atoms with Crippen LogP contribution in [0.5, 0.6) is 5.75 Å². The fraction of sp³-hybridized carbons (Fsp3) is 0.267. The third-order valence-electron chi connectivity index (χ3n) is 3.17. The lowest BCUT2D eigenvalue weighted by Gasteiger charge is -2.20. The van der Waals surface area contributed by atoms with E-state index in [9.17, 15) is 4.79 Å². The maximum atomic E-state index is 11.1. The largest absolute Gasteiger partial charge is 0.493 e. The van der Waals surface area contributed by atoms with Gasteiger partial charge in [-0.15, -0.1) is 0 Å². The van der Waals surface area contributed by atoms with E-state index in [2.05, 4.69) is 0 Å². The fourth-order valence-electron chi connectivity index (χ4n) is 1.76. The molecule has 0 aromatic heterocycles. The van der Waals surface area contributed by atoms with E-state index >= 15 is 0 Å². The molecule has 1 atom stereocenters. The highest BCUT2D eigenvalue weighted by Gasteiger charge is 2.25. The summed E-state index contributed by atoms with van der Waals surface area (Å²) in [7, 11) is 0. The maximum absolute atomic E-state index is 11.1. The zero-order valence-corrected chi connectivity index (χ0v) is 10.9. The second kappa shape index (κ2) is 5.28. The average molecular weight is 258 g/mol. The van der Waals surface area contributed by atoms with Crippen molar-refractivity contribution in [1.82, 2.24) is 0 Å². The van der Waals surface area contributed by atoms with Crippen LogP contribution in [-0.4, -0.2) is 18.1 Å². The Labute approximate surface area is 112 Å². The summed E-state index contributed by atoms with van der Waals surface area (Å²) in [5.74, 6) is 0.244. The van der Waals surface area contributed by atoms with Crippen LogP contribution >= 0.6 is 0 Å². The molecule has 0 aliphatic carbocycles. The number of carbonyl (C=O) groups is 1. The molecule has 0 spiro atoms. The number of primary amides is 1.